The number of carbonyl (C=O) groups excluding carboxylic acids is 1. The highest BCUT2D eigenvalue weighted by Gasteiger charge is 2.43. The highest BCUT2D eigenvalue weighted by atomic mass is 32.2. The Morgan fingerprint density at radius 2 is 2.05 bits per heavy atom. The van der Waals surface area contributed by atoms with Gasteiger partial charge >= 0.3 is 5.97 Å². The number of hydrogen-bond donors (Lipinski definition) is 3. The second-order valence-corrected chi connectivity index (χ2v) is 6.60. The molecule has 0 aromatic rings. The topological polar surface area (TPSA) is 92.4 Å². The maximum absolute atomic E-state index is 12.1. The SMILES string of the molecule is CCC1CCC(NC(=O)[C@@H](N)CCSC)(C(=O)O)CC1. The van der Waals surface area contributed by atoms with E-state index in [1.54, 1.807) is 11.8 Å². The molecule has 1 rings (SSSR count). The van der Waals surface area contributed by atoms with Gasteiger partial charge < -0.3 is 16.2 Å². The van der Waals surface area contributed by atoms with Gasteiger partial charge in [0.1, 0.15) is 5.54 Å². The predicted molar refractivity (Wildman–Crippen MR) is 81.7 cm³/mol. The monoisotopic (exact) mass is 302 g/mol. The first-order chi connectivity index (χ1) is 9.45. The molecule has 0 bridgehead atoms. The molecule has 0 aliphatic heterocycles. The Morgan fingerprint density at radius 3 is 2.50 bits per heavy atom. The molecule has 1 aliphatic carbocycles. The molecule has 0 spiro atoms. The molecular weight excluding hydrogens is 276 g/mol. The minimum absolute atomic E-state index is 0.337. The van der Waals surface area contributed by atoms with E-state index >= 15 is 0 Å². The van der Waals surface area contributed by atoms with Gasteiger partial charge in [-0.3, -0.25) is 4.79 Å². The van der Waals surface area contributed by atoms with E-state index in [0.29, 0.717) is 25.2 Å². The van der Waals surface area contributed by atoms with Crippen LogP contribution in [0.25, 0.3) is 0 Å². The summed E-state index contributed by atoms with van der Waals surface area (Å²) in [5, 5.41) is 12.2. The van der Waals surface area contributed by atoms with Crippen molar-refractivity contribution in [1.82, 2.24) is 5.32 Å². The number of thioether (sulfide) groups is 1. The summed E-state index contributed by atoms with van der Waals surface area (Å²) in [5.41, 5.74) is 4.70. The molecule has 0 aromatic heterocycles. The lowest BCUT2D eigenvalue weighted by Crippen LogP contribution is -2.59. The second kappa shape index (κ2) is 7.88. The quantitative estimate of drug-likeness (QED) is 0.664. The van der Waals surface area contributed by atoms with Crippen LogP contribution >= 0.6 is 11.8 Å². The second-order valence-electron chi connectivity index (χ2n) is 5.62. The molecule has 0 saturated heterocycles. The number of nitrogens with one attached hydrogen (secondary N) is 1. The molecule has 0 radical (unpaired) electrons. The van der Waals surface area contributed by atoms with Gasteiger partial charge in [-0.25, -0.2) is 4.79 Å². The lowest BCUT2D eigenvalue weighted by molar-refractivity contribution is -0.150. The number of hydrogen-bond acceptors (Lipinski definition) is 4. The van der Waals surface area contributed by atoms with Crippen molar-refractivity contribution in [3.05, 3.63) is 0 Å². The third-order valence-corrected chi connectivity index (χ3v) is 4.92. The Kier molecular flexibility index (Phi) is 6.82. The summed E-state index contributed by atoms with van der Waals surface area (Å²) in [6.07, 6.45) is 6.29. The van der Waals surface area contributed by atoms with Gasteiger partial charge in [0.2, 0.25) is 5.91 Å². The average molecular weight is 302 g/mol. The molecule has 1 atom stereocenters. The van der Waals surface area contributed by atoms with E-state index in [2.05, 4.69) is 12.2 Å². The van der Waals surface area contributed by atoms with Crippen LogP contribution in [0.1, 0.15) is 45.4 Å². The summed E-state index contributed by atoms with van der Waals surface area (Å²) >= 11 is 1.63. The predicted octanol–water partition coefficient (Wildman–Crippen LogP) is 1.61. The van der Waals surface area contributed by atoms with Crippen molar-refractivity contribution < 1.29 is 14.7 Å². The van der Waals surface area contributed by atoms with Gasteiger partial charge in [0.25, 0.3) is 0 Å². The number of carboxylic acid groups (broad SMARTS) is 1. The summed E-state index contributed by atoms with van der Waals surface area (Å²) in [4.78, 5) is 23.7. The van der Waals surface area contributed by atoms with Crippen molar-refractivity contribution >= 4 is 23.6 Å². The van der Waals surface area contributed by atoms with Crippen LogP contribution in [0.5, 0.6) is 0 Å². The normalized spacial score (nSPS) is 27.9. The van der Waals surface area contributed by atoms with Crippen molar-refractivity contribution in [2.24, 2.45) is 11.7 Å². The molecule has 1 fully saturated rings. The van der Waals surface area contributed by atoms with E-state index in [0.717, 1.165) is 25.0 Å². The molecule has 0 aromatic carbocycles. The number of aliphatic carboxylic acids is 1. The fourth-order valence-corrected chi connectivity index (χ4v) is 3.17. The van der Waals surface area contributed by atoms with Gasteiger partial charge in [-0.15, -0.1) is 0 Å². The van der Waals surface area contributed by atoms with Gasteiger partial charge in [0, 0.05) is 0 Å². The minimum Gasteiger partial charge on any atom is -0.480 e. The Labute approximate surface area is 125 Å². The third-order valence-electron chi connectivity index (χ3n) is 4.28. The van der Waals surface area contributed by atoms with Gasteiger partial charge in [0.15, 0.2) is 0 Å². The average Bonchev–Trinajstić information content (AvgIpc) is 2.45. The number of nitrogens with two attached hydrogens (primary N) is 1. The first-order valence-electron chi connectivity index (χ1n) is 7.25. The molecule has 1 aliphatic rings. The summed E-state index contributed by atoms with van der Waals surface area (Å²) in [5.74, 6) is 0.102. The summed E-state index contributed by atoms with van der Waals surface area (Å²) < 4.78 is 0. The highest BCUT2D eigenvalue weighted by molar-refractivity contribution is 7.98. The summed E-state index contributed by atoms with van der Waals surface area (Å²) in [6, 6.07) is -0.623. The molecule has 6 heteroatoms. The Hall–Kier alpha value is -0.750. The molecule has 5 nitrogen and oxygen atoms in total. The standard InChI is InChI=1S/C14H26N2O3S/c1-3-10-4-7-14(8-5-10,13(18)19)16-12(17)11(15)6-9-20-2/h10-11H,3-9,15H2,1-2H3,(H,16,17)(H,18,19)/t10?,11-,14?/m0/s1. The zero-order chi connectivity index (χ0) is 15.2. The summed E-state index contributed by atoms with van der Waals surface area (Å²) in [6.45, 7) is 2.12. The van der Waals surface area contributed by atoms with E-state index in [4.69, 9.17) is 5.73 Å². The Morgan fingerprint density at radius 1 is 1.45 bits per heavy atom. The molecular formula is C14H26N2O3S. The molecule has 20 heavy (non-hydrogen) atoms. The van der Waals surface area contributed by atoms with Crippen LogP contribution in [-0.2, 0) is 9.59 Å². The largest absolute Gasteiger partial charge is 0.480 e. The van der Waals surface area contributed by atoms with Crippen LogP contribution in [0.3, 0.4) is 0 Å². The van der Waals surface area contributed by atoms with Crippen molar-refractivity contribution in [2.75, 3.05) is 12.0 Å². The first kappa shape index (κ1) is 17.3. The highest BCUT2D eigenvalue weighted by Crippen LogP contribution is 2.34. The maximum Gasteiger partial charge on any atom is 0.329 e. The number of carboxylic acids is 1. The van der Waals surface area contributed by atoms with Crippen LogP contribution in [0.4, 0.5) is 0 Å². The van der Waals surface area contributed by atoms with Crippen LogP contribution in [0.15, 0.2) is 0 Å². The van der Waals surface area contributed by atoms with E-state index < -0.39 is 17.6 Å². The Bertz CT molecular complexity index is 341. The van der Waals surface area contributed by atoms with Gasteiger partial charge in [-0.1, -0.05) is 13.3 Å². The van der Waals surface area contributed by atoms with Crippen LogP contribution < -0.4 is 11.1 Å². The fourth-order valence-electron chi connectivity index (χ4n) is 2.68. The van der Waals surface area contributed by atoms with Crippen molar-refractivity contribution in [3.8, 4) is 0 Å². The molecule has 116 valence electrons. The van der Waals surface area contributed by atoms with Crippen molar-refractivity contribution in [2.45, 2.75) is 57.0 Å². The number of rotatable bonds is 7. The van der Waals surface area contributed by atoms with Gasteiger partial charge in [0.05, 0.1) is 6.04 Å². The Balaban J connectivity index is 2.64. The summed E-state index contributed by atoms with van der Waals surface area (Å²) in [7, 11) is 0. The lowest BCUT2D eigenvalue weighted by Gasteiger charge is -2.37. The molecule has 0 heterocycles. The van der Waals surface area contributed by atoms with Crippen molar-refractivity contribution in [3.63, 3.8) is 0 Å². The van der Waals surface area contributed by atoms with E-state index in [-0.39, 0.29) is 5.91 Å². The van der Waals surface area contributed by atoms with E-state index in [1.807, 2.05) is 6.26 Å². The first-order valence-corrected chi connectivity index (χ1v) is 8.64. The van der Waals surface area contributed by atoms with Crippen molar-refractivity contribution in [1.29, 1.82) is 0 Å². The third kappa shape index (κ3) is 4.38. The van der Waals surface area contributed by atoms with Gasteiger partial charge in [-0.05, 0) is 50.0 Å². The zero-order valence-electron chi connectivity index (χ0n) is 12.4. The fraction of sp³-hybridized carbons (Fsp3) is 0.857. The molecule has 1 saturated carbocycles. The number of carbonyl (C=O) groups is 2. The van der Waals surface area contributed by atoms with E-state index in [9.17, 15) is 14.7 Å². The van der Waals surface area contributed by atoms with E-state index in [1.165, 1.54) is 0 Å². The maximum atomic E-state index is 12.1. The number of amides is 1. The smallest absolute Gasteiger partial charge is 0.329 e. The molecule has 0 unspecified atom stereocenters. The molecule has 1 amide bonds. The van der Waals surface area contributed by atoms with Crippen LogP contribution in [0, 0.1) is 5.92 Å². The lowest BCUT2D eigenvalue weighted by atomic mass is 9.75. The van der Waals surface area contributed by atoms with Gasteiger partial charge in [-0.2, -0.15) is 11.8 Å². The van der Waals surface area contributed by atoms with Crippen LogP contribution in [0.2, 0.25) is 0 Å². The zero-order valence-corrected chi connectivity index (χ0v) is 13.2. The van der Waals surface area contributed by atoms with Crippen LogP contribution in [-0.4, -0.2) is 40.6 Å². The minimum atomic E-state index is -1.11. The molecule has 4 N–H and O–H groups in total.